The van der Waals surface area contributed by atoms with Crippen molar-refractivity contribution in [2.45, 2.75) is 117 Å². The molecule has 0 unspecified atom stereocenters. The number of rotatable bonds is 18. The van der Waals surface area contributed by atoms with Gasteiger partial charge in [-0.25, -0.2) is 9.13 Å². The van der Waals surface area contributed by atoms with Gasteiger partial charge in [0.25, 0.3) is 7.82 Å². The van der Waals surface area contributed by atoms with E-state index in [4.69, 9.17) is 0 Å². The van der Waals surface area contributed by atoms with Crippen LogP contribution in [0.4, 0.5) is 0 Å². The van der Waals surface area contributed by atoms with Gasteiger partial charge >= 0.3 is 0 Å². The van der Waals surface area contributed by atoms with Crippen LogP contribution in [0.2, 0.25) is 0 Å². The molecule has 1 heterocycles. The molecule has 0 spiro atoms. The van der Waals surface area contributed by atoms with E-state index in [9.17, 15) is 9.46 Å². The zero-order valence-electron chi connectivity index (χ0n) is 20.0. The SMILES string of the molecule is CCCCCCCCCCCCCCCC[n+]1ccn(CC)c1.COP(=O)([O-])OC. The maximum absolute atomic E-state index is 9.95. The standard InChI is InChI=1S/C21H41N2.C2H7O4P/c1-3-5-6-7-8-9-10-11-12-13-14-15-16-17-18-23-20-19-22(4-2)21-23;1-5-7(3,4)6-2/h19-21H,3-18H2,1-2H3;1-2H3,(H,3,4)/q+1;/p-1. The molecule has 0 bridgehead atoms. The van der Waals surface area contributed by atoms with Crippen LogP contribution in [0.5, 0.6) is 0 Å². The van der Waals surface area contributed by atoms with Gasteiger partial charge in [0.05, 0.1) is 13.1 Å². The minimum absolute atomic E-state index is 1.04. The molecule has 178 valence electrons. The lowest BCUT2D eigenvalue weighted by molar-refractivity contribution is -0.696. The highest BCUT2D eigenvalue weighted by Gasteiger charge is 2.01. The Morgan fingerprint density at radius 2 is 1.23 bits per heavy atom. The quantitative estimate of drug-likeness (QED) is 0.157. The number of hydrogen-bond acceptors (Lipinski definition) is 4. The zero-order chi connectivity index (χ0) is 22.5. The summed E-state index contributed by atoms with van der Waals surface area (Å²) in [5, 5.41) is 0. The van der Waals surface area contributed by atoms with Gasteiger partial charge in [0.2, 0.25) is 6.33 Å². The van der Waals surface area contributed by atoms with Crippen LogP contribution in [-0.4, -0.2) is 18.8 Å². The van der Waals surface area contributed by atoms with Gasteiger partial charge in [-0.05, 0) is 19.8 Å². The van der Waals surface area contributed by atoms with Gasteiger partial charge in [-0.1, -0.05) is 84.0 Å². The number of nitrogens with zero attached hydrogens (tertiary/aromatic N) is 2. The molecule has 30 heavy (non-hydrogen) atoms. The molecular weight excluding hydrogens is 399 g/mol. The van der Waals surface area contributed by atoms with E-state index in [-0.39, 0.29) is 0 Å². The summed E-state index contributed by atoms with van der Waals surface area (Å²) in [6.07, 6.45) is 26.7. The summed E-state index contributed by atoms with van der Waals surface area (Å²) in [4.78, 5) is 9.95. The van der Waals surface area contributed by atoms with E-state index in [0.29, 0.717) is 0 Å². The average molecular weight is 447 g/mol. The van der Waals surface area contributed by atoms with E-state index in [1.165, 1.54) is 96.4 Å². The fourth-order valence-corrected chi connectivity index (χ4v) is 3.47. The minimum atomic E-state index is -3.90. The molecule has 0 aliphatic heterocycles. The normalized spacial score (nSPS) is 11.4. The van der Waals surface area contributed by atoms with Crippen molar-refractivity contribution in [3.63, 3.8) is 0 Å². The highest BCUT2D eigenvalue weighted by atomic mass is 31.2. The van der Waals surface area contributed by atoms with Crippen LogP contribution in [0.3, 0.4) is 0 Å². The van der Waals surface area contributed by atoms with Crippen molar-refractivity contribution in [1.29, 1.82) is 0 Å². The first-order valence-electron chi connectivity index (χ1n) is 12.0. The van der Waals surface area contributed by atoms with E-state index in [1.54, 1.807) is 0 Å². The smallest absolute Gasteiger partial charge is 0.267 e. The van der Waals surface area contributed by atoms with Crippen molar-refractivity contribution in [3.8, 4) is 0 Å². The molecule has 0 aromatic carbocycles. The summed E-state index contributed by atoms with van der Waals surface area (Å²) >= 11 is 0. The number of imidazole rings is 1. The number of phosphoric ester groups is 1. The predicted octanol–water partition coefficient (Wildman–Crippen LogP) is 6.02. The topological polar surface area (TPSA) is 67.4 Å². The van der Waals surface area contributed by atoms with Crippen molar-refractivity contribution in [2.24, 2.45) is 0 Å². The molecule has 0 saturated heterocycles. The molecule has 7 heteroatoms. The lowest BCUT2D eigenvalue weighted by atomic mass is 10.0. The maximum Gasteiger partial charge on any atom is 0.267 e. The van der Waals surface area contributed by atoms with Gasteiger partial charge in [-0.3, -0.25) is 4.57 Å². The van der Waals surface area contributed by atoms with Crippen LogP contribution in [0, 0.1) is 0 Å². The van der Waals surface area contributed by atoms with Gasteiger partial charge in [-0.15, -0.1) is 0 Å². The summed E-state index contributed by atoms with van der Waals surface area (Å²) in [5.41, 5.74) is 0. The molecule has 1 aromatic rings. The van der Waals surface area contributed by atoms with Crippen molar-refractivity contribution in [2.75, 3.05) is 14.2 Å². The Kier molecular flexibility index (Phi) is 19.8. The Hall–Kier alpha value is -0.680. The predicted molar refractivity (Wildman–Crippen MR) is 122 cm³/mol. The molecule has 0 fully saturated rings. The third-order valence-corrected chi connectivity index (χ3v) is 6.22. The van der Waals surface area contributed by atoms with Crippen molar-refractivity contribution < 1.29 is 23.1 Å². The maximum atomic E-state index is 9.95. The van der Waals surface area contributed by atoms with Crippen LogP contribution in [0.15, 0.2) is 18.7 Å². The van der Waals surface area contributed by atoms with Crippen LogP contribution in [0.1, 0.15) is 104 Å². The van der Waals surface area contributed by atoms with Crippen molar-refractivity contribution >= 4 is 7.82 Å². The third-order valence-electron chi connectivity index (χ3n) is 5.33. The molecule has 0 N–H and O–H groups in total. The van der Waals surface area contributed by atoms with Gasteiger partial charge in [0, 0.05) is 14.2 Å². The van der Waals surface area contributed by atoms with E-state index < -0.39 is 7.82 Å². The fourth-order valence-electron chi connectivity index (χ4n) is 3.32. The fraction of sp³-hybridized carbons (Fsp3) is 0.870. The van der Waals surface area contributed by atoms with Crippen LogP contribution >= 0.6 is 7.82 Å². The summed E-state index contributed by atoms with van der Waals surface area (Å²) in [7, 11) is -1.83. The molecular formula is C23H47N2O4P. The summed E-state index contributed by atoms with van der Waals surface area (Å²) < 4.78 is 22.2. The Morgan fingerprint density at radius 3 is 1.57 bits per heavy atom. The number of aromatic nitrogens is 2. The van der Waals surface area contributed by atoms with Gasteiger partial charge in [-0.2, -0.15) is 0 Å². The number of aryl methyl sites for hydroxylation is 2. The molecule has 6 nitrogen and oxygen atoms in total. The summed E-state index contributed by atoms with van der Waals surface area (Å²) in [6, 6.07) is 0. The van der Waals surface area contributed by atoms with E-state index >= 15 is 0 Å². The van der Waals surface area contributed by atoms with E-state index in [2.05, 4.69) is 50.8 Å². The Morgan fingerprint density at radius 1 is 0.800 bits per heavy atom. The molecule has 1 rings (SSSR count). The Bertz CT molecular complexity index is 529. The molecule has 0 saturated carbocycles. The first kappa shape index (κ1) is 29.3. The zero-order valence-corrected chi connectivity index (χ0v) is 20.9. The van der Waals surface area contributed by atoms with Crippen molar-refractivity contribution in [1.82, 2.24) is 4.57 Å². The average Bonchev–Trinajstić information content (AvgIpc) is 3.22. The van der Waals surface area contributed by atoms with E-state index in [0.717, 1.165) is 20.8 Å². The largest absolute Gasteiger partial charge is 0.756 e. The van der Waals surface area contributed by atoms with E-state index in [1.807, 2.05) is 0 Å². The summed E-state index contributed by atoms with van der Waals surface area (Å²) in [5.74, 6) is 0. The lowest BCUT2D eigenvalue weighted by Crippen LogP contribution is -2.30. The lowest BCUT2D eigenvalue weighted by Gasteiger charge is -2.16. The highest BCUT2D eigenvalue weighted by Crippen LogP contribution is 2.34. The van der Waals surface area contributed by atoms with Gasteiger partial charge in [0.1, 0.15) is 12.4 Å². The second kappa shape index (κ2) is 20.2. The van der Waals surface area contributed by atoms with Crippen LogP contribution < -0.4 is 9.46 Å². The van der Waals surface area contributed by atoms with Crippen molar-refractivity contribution in [3.05, 3.63) is 18.7 Å². The second-order valence-corrected chi connectivity index (χ2v) is 9.52. The van der Waals surface area contributed by atoms with Gasteiger partial charge in [0.15, 0.2) is 0 Å². The van der Waals surface area contributed by atoms with Gasteiger partial charge < -0.3 is 13.9 Å². The monoisotopic (exact) mass is 446 g/mol. The molecule has 0 aliphatic carbocycles. The first-order chi connectivity index (χ1) is 14.5. The summed E-state index contributed by atoms with van der Waals surface area (Å²) in [6.45, 7) is 6.75. The Balaban J connectivity index is 0.00000103. The molecule has 0 radical (unpaired) electrons. The molecule has 0 atom stereocenters. The molecule has 1 aromatic heterocycles. The number of phosphoric acid groups is 1. The first-order valence-corrected chi connectivity index (χ1v) is 13.4. The molecule has 0 aliphatic rings. The number of unbranched alkanes of at least 4 members (excludes halogenated alkanes) is 13. The van der Waals surface area contributed by atoms with Crippen LogP contribution in [0.25, 0.3) is 0 Å². The highest BCUT2D eigenvalue weighted by molar-refractivity contribution is 7.45. The van der Waals surface area contributed by atoms with Crippen LogP contribution in [-0.2, 0) is 26.7 Å². The number of hydrogen-bond donors (Lipinski definition) is 0. The Labute approximate surface area is 185 Å². The second-order valence-electron chi connectivity index (χ2n) is 7.89. The minimum Gasteiger partial charge on any atom is -0.756 e. The third kappa shape index (κ3) is 18.1. The molecule has 0 amide bonds.